The molecule has 0 spiro atoms. The van der Waals surface area contributed by atoms with E-state index in [0.717, 1.165) is 5.56 Å². The molecule has 0 unspecified atom stereocenters. The Morgan fingerprint density at radius 3 is 2.75 bits per heavy atom. The van der Waals surface area contributed by atoms with Crippen molar-refractivity contribution in [3.63, 3.8) is 0 Å². The number of halogens is 3. The number of likely N-dealkylation sites (N-methyl/N-ethyl adjacent to an activating group) is 1. The smallest absolute Gasteiger partial charge is 0.407 e. The molecule has 0 saturated carbocycles. The molecule has 0 aliphatic carbocycles. The molecule has 3 atom stereocenters. The first kappa shape index (κ1) is 27.7. The van der Waals surface area contributed by atoms with E-state index >= 15 is 4.39 Å². The van der Waals surface area contributed by atoms with E-state index in [-0.39, 0.29) is 73.0 Å². The van der Waals surface area contributed by atoms with Crippen LogP contribution in [-0.4, -0.2) is 93.5 Å². The Labute approximate surface area is 234 Å². The zero-order valence-corrected chi connectivity index (χ0v) is 22.6. The number of hydrogen-bond acceptors (Lipinski definition) is 8. The van der Waals surface area contributed by atoms with Gasteiger partial charge in [0.05, 0.1) is 23.4 Å². The molecule has 2 saturated heterocycles. The number of nitriles is 1. The number of hydrogen-bond donors (Lipinski definition) is 1. The molecule has 1 amide bonds. The topological polar surface area (TPSA) is 119 Å². The normalized spacial score (nSPS) is 23.4. The van der Waals surface area contributed by atoms with Crippen LogP contribution in [0.3, 0.4) is 0 Å². The molecule has 0 bridgehead atoms. The van der Waals surface area contributed by atoms with Gasteiger partial charge in [-0.15, -0.1) is 0 Å². The molecule has 2 aliphatic heterocycles. The van der Waals surface area contributed by atoms with Crippen molar-refractivity contribution >= 4 is 34.4 Å². The minimum atomic E-state index is -1.13. The highest BCUT2D eigenvalue weighted by Crippen LogP contribution is 2.36. The molecule has 2 fully saturated rings. The molecular formula is C27H28ClF2N7O3. The fourth-order valence-corrected chi connectivity index (χ4v) is 5.77. The molecule has 0 radical (unpaired) electrons. The number of pyridine rings is 1. The molecule has 4 heterocycles. The van der Waals surface area contributed by atoms with Crippen molar-refractivity contribution in [2.24, 2.45) is 0 Å². The number of carboxylic acid groups (broad SMARTS) is 1. The molecular weight excluding hydrogens is 544 g/mol. The number of piperazine rings is 1. The zero-order chi connectivity index (χ0) is 28.4. The first-order chi connectivity index (χ1) is 19.2. The van der Waals surface area contributed by atoms with Gasteiger partial charge in [0.1, 0.15) is 24.1 Å². The standard InChI is InChI=1S/C27H28ClF2N7O3/c1-35-14-18(29)11-19(35)15-40-25-33-22-20(13-32-23(28)21(22)30)24(34-25)36-9-10-37(26(38)39)27(16-36,7-8-31)12-17-5-3-2-4-6-17/h2-6,13,18-19H,7,9-12,14-16H2,1H3,(H,38,39)/t18-,19+,27-/m1/s1. The number of benzene rings is 1. The van der Waals surface area contributed by atoms with Crippen LogP contribution in [0, 0.1) is 17.1 Å². The Bertz CT molecular complexity index is 1440. The van der Waals surface area contributed by atoms with E-state index in [4.69, 9.17) is 16.3 Å². The number of rotatable bonds is 7. The highest BCUT2D eigenvalue weighted by Gasteiger charge is 2.45. The van der Waals surface area contributed by atoms with Crippen molar-refractivity contribution in [1.82, 2.24) is 24.8 Å². The second-order valence-electron chi connectivity index (χ2n) is 10.3. The number of alkyl halides is 1. The maximum Gasteiger partial charge on any atom is 0.407 e. The first-order valence-electron chi connectivity index (χ1n) is 12.9. The summed E-state index contributed by atoms with van der Waals surface area (Å²) in [7, 11) is 1.80. The van der Waals surface area contributed by atoms with Gasteiger partial charge in [-0.25, -0.2) is 18.6 Å². The number of anilines is 1. The van der Waals surface area contributed by atoms with Gasteiger partial charge in [-0.2, -0.15) is 15.2 Å². The summed E-state index contributed by atoms with van der Waals surface area (Å²) in [5.41, 5.74) is -0.342. The molecule has 2 aromatic heterocycles. The van der Waals surface area contributed by atoms with Crippen LogP contribution in [-0.2, 0) is 6.42 Å². The quantitative estimate of drug-likeness (QED) is 0.421. The molecule has 1 N–H and O–H groups in total. The molecule has 210 valence electrons. The summed E-state index contributed by atoms with van der Waals surface area (Å²) < 4.78 is 34.9. The monoisotopic (exact) mass is 571 g/mol. The summed E-state index contributed by atoms with van der Waals surface area (Å²) in [4.78, 5) is 30.1. The van der Waals surface area contributed by atoms with Crippen molar-refractivity contribution in [2.45, 2.75) is 37.0 Å². The lowest BCUT2D eigenvalue weighted by molar-refractivity contribution is 0.0669. The minimum Gasteiger partial charge on any atom is -0.465 e. The molecule has 40 heavy (non-hydrogen) atoms. The second-order valence-corrected chi connectivity index (χ2v) is 10.6. The van der Waals surface area contributed by atoms with Crippen LogP contribution in [0.5, 0.6) is 6.01 Å². The number of ether oxygens (including phenoxy) is 1. The SMILES string of the molecule is CN1C[C@H](F)C[C@H]1COc1nc(N2CCN(C(=O)O)[C@](CC#N)(Cc3ccccc3)C2)c2cnc(Cl)c(F)c2n1. The van der Waals surface area contributed by atoms with Gasteiger partial charge in [0.25, 0.3) is 0 Å². The van der Waals surface area contributed by atoms with Crippen LogP contribution in [0.4, 0.5) is 19.4 Å². The van der Waals surface area contributed by atoms with Gasteiger partial charge < -0.3 is 14.7 Å². The van der Waals surface area contributed by atoms with Crippen molar-refractivity contribution in [1.29, 1.82) is 5.26 Å². The number of nitrogens with zero attached hydrogens (tertiary/aromatic N) is 7. The Kier molecular flexibility index (Phi) is 7.87. The van der Waals surface area contributed by atoms with E-state index in [1.54, 1.807) is 7.05 Å². The van der Waals surface area contributed by atoms with E-state index in [0.29, 0.717) is 13.0 Å². The third-order valence-corrected chi connectivity index (χ3v) is 7.87. The lowest BCUT2D eigenvalue weighted by Crippen LogP contribution is -2.65. The average Bonchev–Trinajstić information content (AvgIpc) is 3.26. The Morgan fingerprint density at radius 1 is 1.30 bits per heavy atom. The summed E-state index contributed by atoms with van der Waals surface area (Å²) in [6.07, 6.45) is -0.216. The lowest BCUT2D eigenvalue weighted by atomic mass is 9.84. The van der Waals surface area contributed by atoms with Crippen LogP contribution in [0.25, 0.3) is 10.9 Å². The molecule has 10 nitrogen and oxygen atoms in total. The predicted octanol–water partition coefficient (Wildman–Crippen LogP) is 3.93. The van der Waals surface area contributed by atoms with E-state index in [9.17, 15) is 19.6 Å². The molecule has 1 aromatic carbocycles. The van der Waals surface area contributed by atoms with E-state index in [1.165, 1.54) is 11.1 Å². The van der Waals surface area contributed by atoms with Crippen LogP contribution in [0.15, 0.2) is 36.5 Å². The summed E-state index contributed by atoms with van der Waals surface area (Å²) in [6.45, 7) is 0.802. The number of fused-ring (bicyclic) bond motifs is 1. The second kappa shape index (κ2) is 11.3. The molecule has 5 rings (SSSR count). The highest BCUT2D eigenvalue weighted by atomic mass is 35.5. The minimum absolute atomic E-state index is 0.0755. The van der Waals surface area contributed by atoms with Crippen LogP contribution in [0.1, 0.15) is 18.4 Å². The fraction of sp³-hybridized carbons (Fsp3) is 0.444. The van der Waals surface area contributed by atoms with Crippen LogP contribution < -0.4 is 9.64 Å². The predicted molar refractivity (Wildman–Crippen MR) is 144 cm³/mol. The third-order valence-electron chi connectivity index (χ3n) is 7.61. The zero-order valence-electron chi connectivity index (χ0n) is 21.8. The van der Waals surface area contributed by atoms with Gasteiger partial charge >= 0.3 is 12.1 Å². The molecule has 3 aromatic rings. The van der Waals surface area contributed by atoms with Crippen molar-refractivity contribution in [3.8, 4) is 12.1 Å². The molecule has 13 heteroatoms. The molecule has 2 aliphatic rings. The van der Waals surface area contributed by atoms with Crippen molar-refractivity contribution < 1.29 is 23.4 Å². The number of likely N-dealkylation sites (tertiary alicyclic amines) is 1. The summed E-state index contributed by atoms with van der Waals surface area (Å²) >= 11 is 5.97. The van der Waals surface area contributed by atoms with E-state index < -0.39 is 23.6 Å². The van der Waals surface area contributed by atoms with Gasteiger partial charge in [0.15, 0.2) is 11.0 Å². The largest absolute Gasteiger partial charge is 0.465 e. The fourth-order valence-electron chi connectivity index (χ4n) is 5.63. The first-order valence-corrected chi connectivity index (χ1v) is 13.2. The number of aromatic nitrogens is 3. The Hall–Kier alpha value is -3.82. The van der Waals surface area contributed by atoms with E-state index in [2.05, 4.69) is 21.0 Å². The highest BCUT2D eigenvalue weighted by molar-refractivity contribution is 6.30. The van der Waals surface area contributed by atoms with Gasteiger partial charge in [0, 0.05) is 38.4 Å². The maximum absolute atomic E-state index is 15.2. The van der Waals surface area contributed by atoms with Crippen molar-refractivity contribution in [3.05, 3.63) is 53.1 Å². The lowest BCUT2D eigenvalue weighted by Gasteiger charge is -2.49. The summed E-state index contributed by atoms with van der Waals surface area (Å²) in [6, 6.07) is 11.2. The Balaban J connectivity index is 1.54. The van der Waals surface area contributed by atoms with E-state index in [1.807, 2.05) is 40.1 Å². The van der Waals surface area contributed by atoms with Crippen LogP contribution in [0.2, 0.25) is 5.15 Å². The van der Waals surface area contributed by atoms with Crippen LogP contribution >= 0.6 is 11.6 Å². The summed E-state index contributed by atoms with van der Waals surface area (Å²) in [5, 5.41) is 19.8. The van der Waals surface area contributed by atoms with Gasteiger partial charge in [-0.1, -0.05) is 41.9 Å². The number of carbonyl (C=O) groups is 1. The van der Waals surface area contributed by atoms with Gasteiger partial charge in [-0.05, 0) is 25.5 Å². The Morgan fingerprint density at radius 2 is 2.08 bits per heavy atom. The maximum atomic E-state index is 15.2. The summed E-state index contributed by atoms with van der Waals surface area (Å²) in [5.74, 6) is -0.558. The average molecular weight is 572 g/mol. The van der Waals surface area contributed by atoms with Gasteiger partial charge in [-0.3, -0.25) is 9.80 Å². The number of amides is 1. The van der Waals surface area contributed by atoms with Crippen molar-refractivity contribution in [2.75, 3.05) is 44.7 Å². The third kappa shape index (κ3) is 5.44. The van der Waals surface area contributed by atoms with Gasteiger partial charge in [0.2, 0.25) is 0 Å².